The number of aromatic nitrogens is 2. The molecule has 2 N–H and O–H groups in total. The second-order valence-corrected chi connectivity index (χ2v) is 2.82. The molecule has 0 unspecified atom stereocenters. The van der Waals surface area contributed by atoms with Gasteiger partial charge in [0.25, 0.3) is 0 Å². The van der Waals surface area contributed by atoms with Gasteiger partial charge in [-0.3, -0.25) is 5.14 Å². The van der Waals surface area contributed by atoms with Crippen molar-refractivity contribution >= 4 is 36.0 Å². The lowest BCUT2D eigenvalue weighted by Gasteiger charge is -1.83. The fraction of sp³-hybridized carbons (Fsp3) is 0. The lowest BCUT2D eigenvalue weighted by molar-refractivity contribution is 1.13. The van der Waals surface area contributed by atoms with Crippen molar-refractivity contribution in [1.82, 2.24) is 9.59 Å². The second-order valence-electron chi connectivity index (χ2n) is 1.16. The van der Waals surface area contributed by atoms with E-state index in [0.717, 1.165) is 16.2 Å². The van der Waals surface area contributed by atoms with E-state index < -0.39 is 0 Å². The molecule has 48 valence electrons. The van der Waals surface area contributed by atoms with Crippen molar-refractivity contribution in [3.05, 3.63) is 0 Å². The van der Waals surface area contributed by atoms with Crippen LogP contribution in [0.1, 0.15) is 0 Å². The summed E-state index contributed by atoms with van der Waals surface area (Å²) >= 11 is 2.30. The van der Waals surface area contributed by atoms with Gasteiger partial charge in [0, 0.05) is 0 Å². The molecule has 0 aliphatic carbocycles. The maximum absolute atomic E-state index is 5.23. The third-order valence-electron chi connectivity index (χ3n) is 0.699. The Bertz CT molecular complexity index is 207. The monoisotopic (exact) mass is 160 g/mol. The summed E-state index contributed by atoms with van der Waals surface area (Å²) in [5.74, 6) is 0.521. The molecule has 0 saturated carbocycles. The average Bonchev–Trinajstić information content (AvgIpc) is 2.33. The molecule has 0 atom stereocenters. The van der Waals surface area contributed by atoms with Gasteiger partial charge in [-0.25, -0.2) is 4.99 Å². The second kappa shape index (κ2) is 2.90. The molecule has 0 spiro atoms. The highest BCUT2D eigenvalue weighted by molar-refractivity contribution is 7.99. The van der Waals surface area contributed by atoms with E-state index in [1.165, 1.54) is 11.5 Å². The summed E-state index contributed by atoms with van der Waals surface area (Å²) in [6.45, 7) is 3.30. The number of hydrogen-bond acceptors (Lipinski definition) is 6. The summed E-state index contributed by atoms with van der Waals surface area (Å²) in [5.41, 5.74) is 0. The van der Waals surface area contributed by atoms with Crippen LogP contribution in [0.15, 0.2) is 9.20 Å². The Kier molecular flexibility index (Phi) is 2.15. The molecule has 6 heteroatoms. The lowest BCUT2D eigenvalue weighted by Crippen LogP contribution is -1.73. The van der Waals surface area contributed by atoms with Gasteiger partial charge in [-0.15, -0.1) is 5.10 Å². The highest BCUT2D eigenvalue weighted by Gasteiger charge is 2.02. The van der Waals surface area contributed by atoms with Crippen molar-refractivity contribution in [2.45, 2.75) is 4.21 Å². The van der Waals surface area contributed by atoms with E-state index in [1.807, 2.05) is 0 Å². The maximum Gasteiger partial charge on any atom is 0.201 e. The molecule has 0 fully saturated rings. The highest BCUT2D eigenvalue weighted by atomic mass is 32.2. The minimum absolute atomic E-state index is 0.521. The Morgan fingerprint density at radius 1 is 1.78 bits per heavy atom. The van der Waals surface area contributed by atoms with Crippen LogP contribution in [0.3, 0.4) is 0 Å². The summed E-state index contributed by atoms with van der Waals surface area (Å²) in [6.07, 6.45) is 0. The molecule has 0 aliphatic rings. The molecule has 0 radical (unpaired) electrons. The molecular weight excluding hydrogens is 156 g/mol. The van der Waals surface area contributed by atoms with Crippen LogP contribution >= 0.6 is 23.5 Å². The molecule has 0 amide bonds. The van der Waals surface area contributed by atoms with Gasteiger partial charge >= 0.3 is 0 Å². The van der Waals surface area contributed by atoms with Gasteiger partial charge in [-0.1, -0.05) is 4.49 Å². The SMILES string of the molecule is C=Nc1nnsc1SN. The zero-order valence-electron chi connectivity index (χ0n) is 4.44. The zero-order valence-corrected chi connectivity index (χ0v) is 6.08. The Labute approximate surface area is 60.5 Å². The summed E-state index contributed by atoms with van der Waals surface area (Å²) in [4.78, 5) is 3.59. The van der Waals surface area contributed by atoms with Gasteiger partial charge < -0.3 is 0 Å². The third-order valence-corrected chi connectivity index (χ3v) is 2.12. The molecule has 1 aromatic rings. The molecule has 0 aromatic carbocycles. The standard InChI is InChI=1S/C3H4N4S2/c1-5-2-3(8-4)9-7-6-2/h1,4H2. The molecule has 1 rings (SSSR count). The van der Waals surface area contributed by atoms with Crippen molar-refractivity contribution < 1.29 is 0 Å². The molecule has 1 aromatic heterocycles. The topological polar surface area (TPSA) is 64.2 Å². The molecule has 0 aliphatic heterocycles. The van der Waals surface area contributed by atoms with E-state index in [-0.39, 0.29) is 0 Å². The van der Waals surface area contributed by atoms with Crippen LogP contribution in [0.4, 0.5) is 5.82 Å². The van der Waals surface area contributed by atoms with Gasteiger partial charge in [0.2, 0.25) is 5.82 Å². The van der Waals surface area contributed by atoms with Crippen LogP contribution in [0.5, 0.6) is 0 Å². The quantitative estimate of drug-likeness (QED) is 0.514. The molecule has 0 bridgehead atoms. The van der Waals surface area contributed by atoms with Crippen molar-refractivity contribution in [2.24, 2.45) is 10.1 Å². The van der Waals surface area contributed by atoms with Gasteiger partial charge in [0.05, 0.1) is 0 Å². The third kappa shape index (κ3) is 1.26. The first kappa shape index (κ1) is 6.66. The fourth-order valence-electron chi connectivity index (χ4n) is 0.348. The van der Waals surface area contributed by atoms with E-state index in [0.29, 0.717) is 5.82 Å². The summed E-state index contributed by atoms with van der Waals surface area (Å²) in [6, 6.07) is 0. The van der Waals surface area contributed by atoms with Crippen LogP contribution in [-0.4, -0.2) is 16.3 Å². The Morgan fingerprint density at radius 3 is 3.00 bits per heavy atom. The van der Waals surface area contributed by atoms with Crippen LogP contribution in [0, 0.1) is 0 Å². The van der Waals surface area contributed by atoms with Gasteiger partial charge in [0.15, 0.2) is 0 Å². The predicted molar refractivity (Wildman–Crippen MR) is 39.2 cm³/mol. The first-order chi connectivity index (χ1) is 4.38. The number of hydrogen-bond donors (Lipinski definition) is 1. The lowest BCUT2D eigenvalue weighted by atomic mass is 10.8. The summed E-state index contributed by atoms with van der Waals surface area (Å²) in [5, 5.41) is 8.87. The Morgan fingerprint density at radius 2 is 2.56 bits per heavy atom. The maximum atomic E-state index is 5.23. The van der Waals surface area contributed by atoms with Crippen molar-refractivity contribution in [2.75, 3.05) is 0 Å². The molecule has 0 saturated heterocycles. The Balaban J connectivity index is 2.98. The van der Waals surface area contributed by atoms with Crippen LogP contribution in [-0.2, 0) is 0 Å². The minimum atomic E-state index is 0.521. The van der Waals surface area contributed by atoms with Gasteiger partial charge in [-0.05, 0) is 30.2 Å². The van der Waals surface area contributed by atoms with Crippen molar-refractivity contribution in [1.29, 1.82) is 0 Å². The van der Waals surface area contributed by atoms with Crippen LogP contribution in [0.2, 0.25) is 0 Å². The molecule has 4 nitrogen and oxygen atoms in total. The molecular formula is C3H4N4S2. The number of nitrogens with two attached hydrogens (primary N) is 1. The van der Waals surface area contributed by atoms with Crippen LogP contribution in [0.25, 0.3) is 0 Å². The predicted octanol–water partition coefficient (Wildman–Crippen LogP) is 0.836. The number of aliphatic imine (C=N–C) groups is 1. The summed E-state index contributed by atoms with van der Waals surface area (Å²) in [7, 11) is 0. The van der Waals surface area contributed by atoms with E-state index in [4.69, 9.17) is 5.14 Å². The van der Waals surface area contributed by atoms with Gasteiger partial charge in [0.1, 0.15) is 4.21 Å². The van der Waals surface area contributed by atoms with E-state index in [2.05, 4.69) is 21.3 Å². The largest absolute Gasteiger partial charge is 0.273 e. The van der Waals surface area contributed by atoms with Crippen molar-refractivity contribution in [3.8, 4) is 0 Å². The van der Waals surface area contributed by atoms with Gasteiger partial charge in [-0.2, -0.15) is 0 Å². The first-order valence-electron chi connectivity index (χ1n) is 2.04. The number of nitrogens with zero attached hydrogens (tertiary/aromatic N) is 3. The molecule has 9 heavy (non-hydrogen) atoms. The van der Waals surface area contributed by atoms with Crippen LogP contribution < -0.4 is 5.14 Å². The smallest absolute Gasteiger partial charge is 0.201 e. The Hall–Kier alpha value is -0.460. The summed E-state index contributed by atoms with van der Waals surface area (Å²) < 4.78 is 4.42. The fourth-order valence-corrected chi connectivity index (χ4v) is 1.21. The van der Waals surface area contributed by atoms with E-state index in [1.54, 1.807) is 0 Å². The van der Waals surface area contributed by atoms with E-state index >= 15 is 0 Å². The highest BCUT2D eigenvalue weighted by Crippen LogP contribution is 2.25. The zero-order chi connectivity index (χ0) is 6.69. The van der Waals surface area contributed by atoms with Crippen molar-refractivity contribution in [3.63, 3.8) is 0 Å². The molecule has 1 heterocycles. The average molecular weight is 160 g/mol. The minimum Gasteiger partial charge on any atom is -0.273 e. The number of rotatable bonds is 2. The van der Waals surface area contributed by atoms with E-state index in [9.17, 15) is 0 Å². The first-order valence-corrected chi connectivity index (χ1v) is 3.69. The normalized spacial score (nSPS) is 9.44.